The van der Waals surface area contributed by atoms with Crippen LogP contribution >= 0.6 is 0 Å². The number of amides is 1. The lowest BCUT2D eigenvalue weighted by Crippen LogP contribution is -2.26. The molecule has 106 valence electrons. The SMILES string of the molecule is CCc1ccc(CN(C)C(=O)c2cccc(C#N)c2)cc1. The van der Waals surface area contributed by atoms with Crippen LogP contribution in [0.25, 0.3) is 0 Å². The number of rotatable bonds is 4. The van der Waals surface area contributed by atoms with Gasteiger partial charge in [-0.05, 0) is 35.7 Å². The fraction of sp³-hybridized carbons (Fsp3) is 0.222. The zero-order valence-corrected chi connectivity index (χ0v) is 12.3. The quantitative estimate of drug-likeness (QED) is 0.860. The number of aryl methyl sites for hydroxylation is 1. The van der Waals surface area contributed by atoms with E-state index in [1.165, 1.54) is 5.56 Å². The summed E-state index contributed by atoms with van der Waals surface area (Å²) in [4.78, 5) is 14.0. The monoisotopic (exact) mass is 278 g/mol. The van der Waals surface area contributed by atoms with Gasteiger partial charge in [-0.1, -0.05) is 37.3 Å². The lowest BCUT2D eigenvalue weighted by molar-refractivity contribution is 0.0785. The summed E-state index contributed by atoms with van der Waals surface area (Å²) in [6.45, 7) is 2.67. The Bertz CT molecular complexity index is 668. The summed E-state index contributed by atoms with van der Waals surface area (Å²) < 4.78 is 0. The third-order valence-corrected chi connectivity index (χ3v) is 3.44. The first-order valence-electron chi connectivity index (χ1n) is 6.97. The predicted octanol–water partition coefficient (Wildman–Crippen LogP) is 3.39. The molecule has 2 aromatic carbocycles. The van der Waals surface area contributed by atoms with Crippen LogP contribution in [-0.2, 0) is 13.0 Å². The van der Waals surface area contributed by atoms with Crippen LogP contribution in [0.3, 0.4) is 0 Å². The van der Waals surface area contributed by atoms with Crippen LogP contribution < -0.4 is 0 Å². The third-order valence-electron chi connectivity index (χ3n) is 3.44. The van der Waals surface area contributed by atoms with E-state index in [0.717, 1.165) is 12.0 Å². The number of hydrogen-bond acceptors (Lipinski definition) is 2. The van der Waals surface area contributed by atoms with Gasteiger partial charge in [-0.2, -0.15) is 5.26 Å². The highest BCUT2D eigenvalue weighted by atomic mass is 16.2. The van der Waals surface area contributed by atoms with Crippen molar-refractivity contribution < 1.29 is 4.79 Å². The standard InChI is InChI=1S/C18H18N2O/c1-3-14-7-9-15(10-8-14)13-20(2)18(21)17-6-4-5-16(11-17)12-19/h4-11H,3,13H2,1-2H3. The molecule has 0 aliphatic heterocycles. The Labute approximate surface area is 125 Å². The van der Waals surface area contributed by atoms with Crippen molar-refractivity contribution >= 4 is 5.91 Å². The van der Waals surface area contributed by atoms with E-state index in [-0.39, 0.29) is 5.91 Å². The first-order valence-corrected chi connectivity index (χ1v) is 6.97. The van der Waals surface area contributed by atoms with Crippen LogP contribution in [0.5, 0.6) is 0 Å². The normalized spacial score (nSPS) is 9.95. The molecule has 0 radical (unpaired) electrons. The van der Waals surface area contributed by atoms with Crippen LogP contribution in [0.2, 0.25) is 0 Å². The molecule has 3 heteroatoms. The van der Waals surface area contributed by atoms with Crippen LogP contribution in [-0.4, -0.2) is 17.9 Å². The lowest BCUT2D eigenvalue weighted by atomic mass is 10.1. The number of benzene rings is 2. The van der Waals surface area contributed by atoms with Crippen molar-refractivity contribution in [1.82, 2.24) is 4.90 Å². The van der Waals surface area contributed by atoms with Gasteiger partial charge in [0.15, 0.2) is 0 Å². The number of nitrogens with zero attached hydrogens (tertiary/aromatic N) is 2. The van der Waals surface area contributed by atoms with Gasteiger partial charge in [0.2, 0.25) is 0 Å². The Kier molecular flexibility index (Phi) is 4.73. The van der Waals surface area contributed by atoms with Gasteiger partial charge in [0.05, 0.1) is 11.6 Å². The minimum absolute atomic E-state index is 0.0772. The first kappa shape index (κ1) is 14.8. The Balaban J connectivity index is 2.09. The fourth-order valence-corrected chi connectivity index (χ4v) is 2.17. The average molecular weight is 278 g/mol. The smallest absolute Gasteiger partial charge is 0.253 e. The number of carbonyl (C=O) groups excluding carboxylic acids is 1. The van der Waals surface area contributed by atoms with Gasteiger partial charge in [0.1, 0.15) is 0 Å². The molecule has 2 rings (SSSR count). The Morgan fingerprint density at radius 3 is 2.43 bits per heavy atom. The molecule has 0 heterocycles. The van der Waals surface area contributed by atoms with E-state index in [1.807, 2.05) is 12.1 Å². The van der Waals surface area contributed by atoms with Gasteiger partial charge in [-0.25, -0.2) is 0 Å². The molecule has 0 unspecified atom stereocenters. The highest BCUT2D eigenvalue weighted by Crippen LogP contribution is 2.11. The van der Waals surface area contributed by atoms with Gasteiger partial charge >= 0.3 is 0 Å². The molecule has 1 amide bonds. The van der Waals surface area contributed by atoms with E-state index >= 15 is 0 Å². The second kappa shape index (κ2) is 6.71. The molecule has 0 fully saturated rings. The Hall–Kier alpha value is -2.60. The number of carbonyl (C=O) groups is 1. The minimum Gasteiger partial charge on any atom is -0.337 e. The molecule has 0 N–H and O–H groups in total. The molecule has 0 aliphatic rings. The molecule has 2 aromatic rings. The van der Waals surface area contributed by atoms with Crippen LogP contribution in [0.1, 0.15) is 34.0 Å². The summed E-state index contributed by atoms with van der Waals surface area (Å²) in [5, 5.41) is 8.89. The van der Waals surface area contributed by atoms with Gasteiger partial charge < -0.3 is 4.90 Å². The Morgan fingerprint density at radius 1 is 1.14 bits per heavy atom. The van der Waals surface area contributed by atoms with E-state index in [2.05, 4.69) is 25.1 Å². The van der Waals surface area contributed by atoms with Gasteiger partial charge in [0, 0.05) is 19.2 Å². The van der Waals surface area contributed by atoms with Crippen molar-refractivity contribution in [2.24, 2.45) is 0 Å². The van der Waals surface area contributed by atoms with Crippen LogP contribution in [0.4, 0.5) is 0 Å². The molecule has 0 saturated heterocycles. The molecular formula is C18H18N2O. The molecule has 0 aromatic heterocycles. The topological polar surface area (TPSA) is 44.1 Å². The highest BCUT2D eigenvalue weighted by molar-refractivity contribution is 5.94. The zero-order valence-electron chi connectivity index (χ0n) is 12.3. The maximum Gasteiger partial charge on any atom is 0.253 e. The molecule has 3 nitrogen and oxygen atoms in total. The molecule has 0 spiro atoms. The van der Waals surface area contributed by atoms with Crippen molar-refractivity contribution in [1.29, 1.82) is 5.26 Å². The second-order valence-electron chi connectivity index (χ2n) is 5.02. The van der Waals surface area contributed by atoms with Crippen molar-refractivity contribution in [3.8, 4) is 6.07 Å². The summed E-state index contributed by atoms with van der Waals surface area (Å²) in [6.07, 6.45) is 1.01. The van der Waals surface area contributed by atoms with Crippen molar-refractivity contribution in [2.75, 3.05) is 7.05 Å². The zero-order chi connectivity index (χ0) is 15.2. The van der Waals surface area contributed by atoms with E-state index in [0.29, 0.717) is 17.7 Å². The van der Waals surface area contributed by atoms with Gasteiger partial charge in [-0.15, -0.1) is 0 Å². The maximum atomic E-state index is 12.4. The fourth-order valence-electron chi connectivity index (χ4n) is 2.17. The van der Waals surface area contributed by atoms with Gasteiger partial charge in [0.25, 0.3) is 5.91 Å². The van der Waals surface area contributed by atoms with E-state index in [9.17, 15) is 4.79 Å². The average Bonchev–Trinajstić information content (AvgIpc) is 2.54. The summed E-state index contributed by atoms with van der Waals surface area (Å²) >= 11 is 0. The first-order chi connectivity index (χ1) is 10.1. The number of nitriles is 1. The summed E-state index contributed by atoms with van der Waals surface area (Å²) in [5.41, 5.74) is 3.43. The molecule has 0 atom stereocenters. The predicted molar refractivity (Wildman–Crippen MR) is 82.8 cm³/mol. The Morgan fingerprint density at radius 2 is 1.81 bits per heavy atom. The van der Waals surface area contributed by atoms with Crippen LogP contribution in [0.15, 0.2) is 48.5 Å². The third kappa shape index (κ3) is 3.70. The number of hydrogen-bond donors (Lipinski definition) is 0. The largest absolute Gasteiger partial charge is 0.337 e. The molecule has 0 bridgehead atoms. The van der Waals surface area contributed by atoms with Gasteiger partial charge in [-0.3, -0.25) is 4.79 Å². The van der Waals surface area contributed by atoms with Crippen molar-refractivity contribution in [3.05, 3.63) is 70.8 Å². The summed E-state index contributed by atoms with van der Waals surface area (Å²) in [7, 11) is 1.77. The van der Waals surface area contributed by atoms with Crippen molar-refractivity contribution in [2.45, 2.75) is 19.9 Å². The van der Waals surface area contributed by atoms with E-state index < -0.39 is 0 Å². The second-order valence-corrected chi connectivity index (χ2v) is 5.02. The maximum absolute atomic E-state index is 12.4. The van der Waals surface area contributed by atoms with Crippen LogP contribution in [0, 0.1) is 11.3 Å². The molecule has 21 heavy (non-hydrogen) atoms. The molecule has 0 aliphatic carbocycles. The summed E-state index contributed by atoms with van der Waals surface area (Å²) in [6, 6.07) is 17.1. The summed E-state index contributed by atoms with van der Waals surface area (Å²) in [5.74, 6) is -0.0772. The van der Waals surface area contributed by atoms with Crippen molar-refractivity contribution in [3.63, 3.8) is 0 Å². The highest BCUT2D eigenvalue weighted by Gasteiger charge is 2.12. The van der Waals surface area contributed by atoms with E-state index in [4.69, 9.17) is 5.26 Å². The van der Waals surface area contributed by atoms with E-state index in [1.54, 1.807) is 36.2 Å². The lowest BCUT2D eigenvalue weighted by Gasteiger charge is -2.17. The molecule has 0 saturated carbocycles. The minimum atomic E-state index is -0.0772. The molecular weight excluding hydrogens is 260 g/mol.